The molecule has 4 rings (SSSR count). The van der Waals surface area contributed by atoms with Crippen LogP contribution in [0.25, 0.3) is 11.0 Å². The van der Waals surface area contributed by atoms with Crippen molar-refractivity contribution in [2.24, 2.45) is 0 Å². The van der Waals surface area contributed by atoms with E-state index in [4.69, 9.17) is 16.3 Å². The number of pyridine rings is 1. The third-order valence-corrected chi connectivity index (χ3v) is 6.10. The molecular weight excluding hydrogens is 493 g/mol. The lowest BCUT2D eigenvalue weighted by Crippen LogP contribution is -2.49. The number of fused-ring (bicyclic) bond motifs is 1. The highest BCUT2D eigenvalue weighted by Crippen LogP contribution is 2.29. The molecule has 1 aromatic carbocycles. The van der Waals surface area contributed by atoms with Crippen LogP contribution in [0.3, 0.4) is 0 Å². The SMILES string of the molecule is COc1cc(N2CCN(C(=O)Cn3cc4c(I)ccnc4n3)CC2)ccc1Cl. The Bertz CT molecular complexity index is 1020. The van der Waals surface area contributed by atoms with Crippen molar-refractivity contribution < 1.29 is 9.53 Å². The fourth-order valence-corrected chi connectivity index (χ4v) is 4.05. The highest BCUT2D eigenvalue weighted by Gasteiger charge is 2.22. The van der Waals surface area contributed by atoms with Gasteiger partial charge in [0, 0.05) is 53.9 Å². The van der Waals surface area contributed by atoms with Gasteiger partial charge in [-0.1, -0.05) is 11.6 Å². The van der Waals surface area contributed by atoms with E-state index in [1.165, 1.54) is 0 Å². The van der Waals surface area contributed by atoms with Crippen molar-refractivity contribution in [1.29, 1.82) is 0 Å². The molecule has 1 aliphatic rings. The van der Waals surface area contributed by atoms with Crippen LogP contribution in [-0.4, -0.2) is 58.9 Å². The fraction of sp³-hybridized carbons (Fsp3) is 0.316. The van der Waals surface area contributed by atoms with Crippen LogP contribution >= 0.6 is 34.2 Å². The Morgan fingerprint density at radius 2 is 2.04 bits per heavy atom. The Morgan fingerprint density at radius 3 is 2.75 bits per heavy atom. The summed E-state index contributed by atoms with van der Waals surface area (Å²) in [6.45, 7) is 3.08. The Labute approximate surface area is 181 Å². The number of hydrogen-bond acceptors (Lipinski definition) is 5. The van der Waals surface area contributed by atoms with E-state index in [-0.39, 0.29) is 12.5 Å². The van der Waals surface area contributed by atoms with Crippen LogP contribution in [0.2, 0.25) is 5.02 Å². The predicted molar refractivity (Wildman–Crippen MR) is 117 cm³/mol. The summed E-state index contributed by atoms with van der Waals surface area (Å²) in [5.41, 5.74) is 1.72. The Kier molecular flexibility index (Phi) is 5.58. The zero-order valence-corrected chi connectivity index (χ0v) is 18.2. The van der Waals surface area contributed by atoms with Crippen LogP contribution in [0.4, 0.5) is 5.69 Å². The van der Waals surface area contributed by atoms with Gasteiger partial charge in [0.15, 0.2) is 5.65 Å². The molecule has 3 heterocycles. The van der Waals surface area contributed by atoms with Gasteiger partial charge in [0.05, 0.1) is 17.5 Å². The Hall–Kier alpha value is -2.07. The zero-order chi connectivity index (χ0) is 19.7. The smallest absolute Gasteiger partial charge is 0.244 e. The third-order valence-electron chi connectivity index (χ3n) is 4.85. The standard InChI is InChI=1S/C19H19ClIN5O2/c1-28-17-10-13(2-3-15(17)20)24-6-8-25(9-7-24)18(27)12-26-11-14-16(21)4-5-22-19(14)23-26/h2-5,10-11H,6-9,12H2,1H3. The number of hydrogen-bond donors (Lipinski definition) is 0. The maximum atomic E-state index is 12.7. The lowest BCUT2D eigenvalue weighted by Gasteiger charge is -2.36. The number of anilines is 1. The molecule has 2 aromatic heterocycles. The molecule has 0 N–H and O–H groups in total. The van der Waals surface area contributed by atoms with Gasteiger partial charge < -0.3 is 14.5 Å². The quantitative estimate of drug-likeness (QED) is 0.504. The fourth-order valence-electron chi connectivity index (χ4n) is 3.32. The van der Waals surface area contributed by atoms with Gasteiger partial charge in [-0.05, 0) is 40.8 Å². The van der Waals surface area contributed by atoms with Crippen LogP contribution in [0.15, 0.2) is 36.7 Å². The van der Waals surface area contributed by atoms with Crippen molar-refractivity contribution in [2.45, 2.75) is 6.54 Å². The number of nitrogens with zero attached hydrogens (tertiary/aromatic N) is 5. The zero-order valence-electron chi connectivity index (χ0n) is 15.3. The molecule has 0 bridgehead atoms. The van der Waals surface area contributed by atoms with Gasteiger partial charge in [-0.3, -0.25) is 9.48 Å². The topological polar surface area (TPSA) is 63.5 Å². The molecule has 28 heavy (non-hydrogen) atoms. The molecule has 0 atom stereocenters. The molecule has 0 radical (unpaired) electrons. The number of rotatable bonds is 4. The van der Waals surface area contributed by atoms with Crippen molar-refractivity contribution in [3.63, 3.8) is 0 Å². The number of piperazine rings is 1. The number of benzene rings is 1. The minimum Gasteiger partial charge on any atom is -0.495 e. The van der Waals surface area contributed by atoms with Crippen molar-refractivity contribution in [2.75, 3.05) is 38.2 Å². The maximum absolute atomic E-state index is 12.7. The first-order valence-electron chi connectivity index (χ1n) is 8.89. The summed E-state index contributed by atoms with van der Waals surface area (Å²) in [5, 5.41) is 5.98. The first-order chi connectivity index (χ1) is 13.5. The first kappa shape index (κ1) is 19.3. The number of carbonyl (C=O) groups is 1. The summed E-state index contributed by atoms with van der Waals surface area (Å²) >= 11 is 8.36. The largest absolute Gasteiger partial charge is 0.495 e. The van der Waals surface area contributed by atoms with E-state index in [1.807, 2.05) is 35.4 Å². The summed E-state index contributed by atoms with van der Waals surface area (Å²) in [6, 6.07) is 7.68. The van der Waals surface area contributed by atoms with Gasteiger partial charge in [0.25, 0.3) is 0 Å². The second-order valence-corrected chi connectivity index (χ2v) is 8.11. The van der Waals surface area contributed by atoms with E-state index >= 15 is 0 Å². The number of halogens is 2. The van der Waals surface area contributed by atoms with Crippen LogP contribution in [-0.2, 0) is 11.3 Å². The number of aromatic nitrogens is 3. The summed E-state index contributed by atoms with van der Waals surface area (Å²) in [6.07, 6.45) is 3.62. The molecule has 1 amide bonds. The molecule has 1 aliphatic heterocycles. The van der Waals surface area contributed by atoms with Crippen molar-refractivity contribution >= 4 is 56.8 Å². The molecule has 3 aromatic rings. The van der Waals surface area contributed by atoms with Gasteiger partial charge in [0.1, 0.15) is 12.3 Å². The maximum Gasteiger partial charge on any atom is 0.244 e. The van der Waals surface area contributed by atoms with E-state index in [0.29, 0.717) is 29.5 Å². The van der Waals surface area contributed by atoms with E-state index in [0.717, 1.165) is 27.7 Å². The predicted octanol–water partition coefficient (Wildman–Crippen LogP) is 3.05. The molecule has 1 saturated heterocycles. The van der Waals surface area contributed by atoms with E-state index in [2.05, 4.69) is 37.6 Å². The molecule has 7 nitrogen and oxygen atoms in total. The minimum absolute atomic E-state index is 0.0659. The lowest BCUT2D eigenvalue weighted by atomic mass is 10.2. The molecule has 0 unspecified atom stereocenters. The second-order valence-electron chi connectivity index (χ2n) is 6.54. The Morgan fingerprint density at radius 1 is 1.25 bits per heavy atom. The normalized spacial score (nSPS) is 14.5. The minimum atomic E-state index is 0.0659. The van der Waals surface area contributed by atoms with Crippen LogP contribution < -0.4 is 9.64 Å². The number of methoxy groups -OCH3 is 1. The molecular formula is C19H19ClIN5O2. The van der Waals surface area contributed by atoms with Crippen LogP contribution in [0.1, 0.15) is 0 Å². The monoisotopic (exact) mass is 511 g/mol. The average molecular weight is 512 g/mol. The van der Waals surface area contributed by atoms with Gasteiger partial charge in [-0.15, -0.1) is 0 Å². The van der Waals surface area contributed by atoms with Gasteiger partial charge in [0.2, 0.25) is 5.91 Å². The average Bonchev–Trinajstić information content (AvgIpc) is 3.12. The molecule has 9 heteroatoms. The van der Waals surface area contributed by atoms with Gasteiger partial charge in [-0.2, -0.15) is 5.10 Å². The van der Waals surface area contributed by atoms with E-state index in [1.54, 1.807) is 18.0 Å². The van der Waals surface area contributed by atoms with Gasteiger partial charge in [-0.25, -0.2) is 4.98 Å². The number of carbonyl (C=O) groups excluding carboxylic acids is 1. The number of ether oxygens (including phenoxy) is 1. The van der Waals surface area contributed by atoms with Crippen LogP contribution in [0.5, 0.6) is 5.75 Å². The molecule has 1 fully saturated rings. The van der Waals surface area contributed by atoms with Crippen molar-refractivity contribution in [1.82, 2.24) is 19.7 Å². The highest BCUT2D eigenvalue weighted by atomic mass is 127. The van der Waals surface area contributed by atoms with Crippen molar-refractivity contribution in [3.8, 4) is 5.75 Å². The third kappa shape index (κ3) is 3.88. The lowest BCUT2D eigenvalue weighted by molar-refractivity contribution is -0.132. The molecule has 146 valence electrons. The first-order valence-corrected chi connectivity index (χ1v) is 10.3. The summed E-state index contributed by atoms with van der Waals surface area (Å²) in [7, 11) is 1.61. The Balaban J connectivity index is 1.39. The molecule has 0 spiro atoms. The summed E-state index contributed by atoms with van der Waals surface area (Å²) in [4.78, 5) is 21.1. The van der Waals surface area contributed by atoms with E-state index in [9.17, 15) is 4.79 Å². The summed E-state index contributed by atoms with van der Waals surface area (Å²) < 4.78 is 8.05. The second kappa shape index (κ2) is 8.12. The van der Waals surface area contributed by atoms with Gasteiger partial charge >= 0.3 is 0 Å². The van der Waals surface area contributed by atoms with Crippen LogP contribution in [0, 0.1) is 3.57 Å². The summed E-state index contributed by atoms with van der Waals surface area (Å²) in [5.74, 6) is 0.725. The van der Waals surface area contributed by atoms with E-state index < -0.39 is 0 Å². The van der Waals surface area contributed by atoms with Crippen molar-refractivity contribution in [3.05, 3.63) is 45.3 Å². The molecule has 0 aliphatic carbocycles. The highest BCUT2D eigenvalue weighted by molar-refractivity contribution is 14.1. The molecule has 0 saturated carbocycles. The number of amides is 1.